The standard InChI is InChI=1S/C16H18N2O2/c1-12(2)11-20-10-9-18-16(19)14-7-8-17-15-6-4-3-5-13(14)15/h3-8H,1,9-11H2,2H3,(H,18,19). The van der Waals surface area contributed by atoms with E-state index in [9.17, 15) is 4.79 Å². The molecular weight excluding hydrogens is 252 g/mol. The van der Waals surface area contributed by atoms with Crippen LogP contribution in [0.4, 0.5) is 0 Å². The molecule has 1 aromatic carbocycles. The van der Waals surface area contributed by atoms with E-state index in [-0.39, 0.29) is 5.91 Å². The van der Waals surface area contributed by atoms with Crippen molar-refractivity contribution in [2.24, 2.45) is 0 Å². The van der Waals surface area contributed by atoms with Crippen molar-refractivity contribution in [1.29, 1.82) is 0 Å². The maximum atomic E-state index is 12.1. The highest BCUT2D eigenvalue weighted by Crippen LogP contribution is 2.15. The molecule has 0 saturated carbocycles. The molecule has 0 atom stereocenters. The first-order valence-electron chi connectivity index (χ1n) is 6.52. The van der Waals surface area contributed by atoms with Gasteiger partial charge in [0.1, 0.15) is 0 Å². The second kappa shape index (κ2) is 6.82. The van der Waals surface area contributed by atoms with Gasteiger partial charge in [0.25, 0.3) is 5.91 Å². The monoisotopic (exact) mass is 270 g/mol. The number of aromatic nitrogens is 1. The molecule has 1 N–H and O–H groups in total. The SMILES string of the molecule is C=C(C)COCCNC(=O)c1ccnc2ccccc12. The fraction of sp³-hybridized carbons (Fsp3) is 0.250. The number of hydrogen-bond acceptors (Lipinski definition) is 3. The lowest BCUT2D eigenvalue weighted by Crippen LogP contribution is -2.27. The molecule has 1 heterocycles. The van der Waals surface area contributed by atoms with E-state index in [0.717, 1.165) is 16.5 Å². The molecule has 0 spiro atoms. The molecule has 4 heteroatoms. The van der Waals surface area contributed by atoms with Gasteiger partial charge >= 0.3 is 0 Å². The van der Waals surface area contributed by atoms with Gasteiger partial charge < -0.3 is 10.1 Å². The summed E-state index contributed by atoms with van der Waals surface area (Å²) in [6.45, 7) is 7.13. The van der Waals surface area contributed by atoms with Crippen molar-refractivity contribution < 1.29 is 9.53 Å². The minimum Gasteiger partial charge on any atom is -0.375 e. The lowest BCUT2D eigenvalue weighted by molar-refractivity contribution is 0.0928. The predicted molar refractivity (Wildman–Crippen MR) is 79.7 cm³/mol. The number of para-hydroxylation sites is 1. The van der Waals surface area contributed by atoms with E-state index >= 15 is 0 Å². The Morgan fingerprint density at radius 3 is 2.95 bits per heavy atom. The number of rotatable bonds is 6. The van der Waals surface area contributed by atoms with Crippen LogP contribution < -0.4 is 5.32 Å². The van der Waals surface area contributed by atoms with Crippen molar-refractivity contribution in [3.63, 3.8) is 0 Å². The van der Waals surface area contributed by atoms with Gasteiger partial charge in [-0.2, -0.15) is 0 Å². The molecule has 4 nitrogen and oxygen atoms in total. The summed E-state index contributed by atoms with van der Waals surface area (Å²) in [4.78, 5) is 16.4. The third-order valence-electron chi connectivity index (χ3n) is 2.77. The Balaban J connectivity index is 1.96. The van der Waals surface area contributed by atoms with Crippen molar-refractivity contribution in [2.45, 2.75) is 6.92 Å². The maximum absolute atomic E-state index is 12.1. The van der Waals surface area contributed by atoms with Crippen molar-refractivity contribution in [1.82, 2.24) is 10.3 Å². The van der Waals surface area contributed by atoms with Crippen molar-refractivity contribution in [2.75, 3.05) is 19.8 Å². The fourth-order valence-corrected chi connectivity index (χ4v) is 1.87. The third kappa shape index (κ3) is 3.65. The largest absolute Gasteiger partial charge is 0.375 e. The van der Waals surface area contributed by atoms with Crippen LogP contribution in [0.3, 0.4) is 0 Å². The molecule has 20 heavy (non-hydrogen) atoms. The van der Waals surface area contributed by atoms with Crippen molar-refractivity contribution >= 4 is 16.8 Å². The summed E-state index contributed by atoms with van der Waals surface area (Å²) >= 11 is 0. The molecule has 104 valence electrons. The fourth-order valence-electron chi connectivity index (χ4n) is 1.87. The molecule has 2 rings (SSSR count). The van der Waals surface area contributed by atoms with Crippen LogP contribution in [0.25, 0.3) is 10.9 Å². The normalized spacial score (nSPS) is 10.4. The van der Waals surface area contributed by atoms with Crippen LogP contribution in [0.2, 0.25) is 0 Å². The number of fused-ring (bicyclic) bond motifs is 1. The van der Waals surface area contributed by atoms with Crippen LogP contribution in [0.1, 0.15) is 17.3 Å². The van der Waals surface area contributed by atoms with Crippen molar-refractivity contribution in [3.8, 4) is 0 Å². The van der Waals surface area contributed by atoms with Gasteiger partial charge in [0, 0.05) is 18.1 Å². The first-order valence-corrected chi connectivity index (χ1v) is 6.52. The van der Waals surface area contributed by atoms with Gasteiger partial charge in [0.15, 0.2) is 0 Å². The average Bonchev–Trinajstić information content (AvgIpc) is 2.45. The van der Waals surface area contributed by atoms with Gasteiger partial charge in [0.2, 0.25) is 0 Å². The molecule has 0 radical (unpaired) electrons. The van der Waals surface area contributed by atoms with E-state index in [2.05, 4.69) is 16.9 Å². The van der Waals surface area contributed by atoms with E-state index in [1.165, 1.54) is 0 Å². The van der Waals surface area contributed by atoms with Gasteiger partial charge in [-0.15, -0.1) is 0 Å². The quantitative estimate of drug-likeness (QED) is 0.648. The summed E-state index contributed by atoms with van der Waals surface area (Å²) in [5.74, 6) is -0.109. The Labute approximate surface area is 118 Å². The number of ether oxygens (including phenoxy) is 1. The first kappa shape index (κ1) is 14.2. The second-order valence-electron chi connectivity index (χ2n) is 4.64. The second-order valence-corrected chi connectivity index (χ2v) is 4.64. The lowest BCUT2D eigenvalue weighted by atomic mass is 10.1. The first-order chi connectivity index (χ1) is 9.68. The minimum absolute atomic E-state index is 0.109. The summed E-state index contributed by atoms with van der Waals surface area (Å²) in [6.07, 6.45) is 1.65. The smallest absolute Gasteiger partial charge is 0.252 e. The molecule has 0 aliphatic carbocycles. The molecular formula is C16H18N2O2. The van der Waals surface area contributed by atoms with Crippen molar-refractivity contribution in [3.05, 3.63) is 54.2 Å². The Morgan fingerprint density at radius 2 is 2.15 bits per heavy atom. The predicted octanol–water partition coefficient (Wildman–Crippen LogP) is 2.56. The van der Waals surface area contributed by atoms with Crippen LogP contribution in [0.5, 0.6) is 0 Å². The van der Waals surface area contributed by atoms with E-state index in [0.29, 0.717) is 25.3 Å². The number of pyridine rings is 1. The Bertz CT molecular complexity index is 617. The average molecular weight is 270 g/mol. The molecule has 1 aromatic heterocycles. The maximum Gasteiger partial charge on any atom is 0.252 e. The van der Waals surface area contributed by atoms with Crippen LogP contribution in [-0.2, 0) is 4.74 Å². The summed E-state index contributed by atoms with van der Waals surface area (Å²) < 4.78 is 5.34. The van der Waals surface area contributed by atoms with Crippen LogP contribution in [0, 0.1) is 0 Å². The highest BCUT2D eigenvalue weighted by atomic mass is 16.5. The molecule has 0 bridgehead atoms. The van der Waals surface area contributed by atoms with Crippen LogP contribution in [0.15, 0.2) is 48.7 Å². The number of carbonyl (C=O) groups is 1. The Kier molecular flexibility index (Phi) is 4.85. The number of carbonyl (C=O) groups excluding carboxylic acids is 1. The van der Waals surface area contributed by atoms with E-state index in [4.69, 9.17) is 4.74 Å². The van der Waals surface area contributed by atoms with E-state index in [1.807, 2.05) is 31.2 Å². The van der Waals surface area contributed by atoms with E-state index in [1.54, 1.807) is 12.3 Å². The van der Waals surface area contributed by atoms with Crippen LogP contribution >= 0.6 is 0 Å². The molecule has 2 aromatic rings. The molecule has 0 saturated heterocycles. The molecule has 0 unspecified atom stereocenters. The van der Waals surface area contributed by atoms with E-state index < -0.39 is 0 Å². The van der Waals surface area contributed by atoms with Gasteiger partial charge in [-0.3, -0.25) is 9.78 Å². The number of nitrogens with one attached hydrogen (secondary N) is 1. The summed E-state index contributed by atoms with van der Waals surface area (Å²) in [7, 11) is 0. The number of benzene rings is 1. The number of hydrogen-bond donors (Lipinski definition) is 1. The minimum atomic E-state index is -0.109. The summed E-state index contributed by atoms with van der Waals surface area (Å²) in [6, 6.07) is 9.32. The number of amides is 1. The topological polar surface area (TPSA) is 51.2 Å². The van der Waals surface area contributed by atoms with Gasteiger partial charge in [-0.25, -0.2) is 0 Å². The third-order valence-corrected chi connectivity index (χ3v) is 2.77. The summed E-state index contributed by atoms with van der Waals surface area (Å²) in [5.41, 5.74) is 2.42. The highest BCUT2D eigenvalue weighted by Gasteiger charge is 2.09. The zero-order chi connectivity index (χ0) is 14.4. The highest BCUT2D eigenvalue weighted by molar-refractivity contribution is 6.05. The number of nitrogens with zero attached hydrogens (tertiary/aromatic N) is 1. The Hall–Kier alpha value is -2.20. The zero-order valence-corrected chi connectivity index (χ0v) is 11.6. The van der Waals surface area contributed by atoms with Gasteiger partial charge in [-0.05, 0) is 19.1 Å². The summed E-state index contributed by atoms with van der Waals surface area (Å²) in [5, 5.41) is 3.70. The molecule has 0 fully saturated rings. The van der Waals surface area contributed by atoms with Gasteiger partial charge in [0.05, 0.1) is 24.3 Å². The lowest BCUT2D eigenvalue weighted by Gasteiger charge is -2.08. The molecule has 0 aliphatic rings. The molecule has 0 aliphatic heterocycles. The van der Waals surface area contributed by atoms with Gasteiger partial charge in [-0.1, -0.05) is 30.4 Å². The molecule has 1 amide bonds. The van der Waals surface area contributed by atoms with Crippen LogP contribution in [-0.4, -0.2) is 30.6 Å². The Morgan fingerprint density at radius 1 is 1.35 bits per heavy atom. The zero-order valence-electron chi connectivity index (χ0n) is 11.6.